The van der Waals surface area contributed by atoms with E-state index in [4.69, 9.17) is 9.47 Å². The van der Waals surface area contributed by atoms with Gasteiger partial charge in [-0.15, -0.1) is 0 Å². The molecule has 0 saturated heterocycles. The molecule has 0 aliphatic carbocycles. The van der Waals surface area contributed by atoms with Gasteiger partial charge in [0.15, 0.2) is 0 Å². The van der Waals surface area contributed by atoms with Crippen molar-refractivity contribution in [1.29, 1.82) is 0 Å². The van der Waals surface area contributed by atoms with Gasteiger partial charge in [-0.2, -0.15) is 0 Å². The summed E-state index contributed by atoms with van der Waals surface area (Å²) in [5.74, 6) is -0.962. The van der Waals surface area contributed by atoms with Gasteiger partial charge in [-0.05, 0) is 77.1 Å². The third kappa shape index (κ3) is 8.55. The number of fused-ring (bicyclic) bond motifs is 1. The van der Waals surface area contributed by atoms with E-state index in [1.807, 2.05) is 69.3 Å². The topological polar surface area (TPSA) is 105 Å². The van der Waals surface area contributed by atoms with Crippen LogP contribution >= 0.6 is 0 Å². The molecule has 0 saturated carbocycles. The van der Waals surface area contributed by atoms with Crippen LogP contribution in [0.25, 0.3) is 0 Å². The number of hydrogen-bond acceptors (Lipinski definition) is 6. The van der Waals surface area contributed by atoms with Crippen molar-refractivity contribution < 1.29 is 28.7 Å². The molecule has 0 radical (unpaired) electrons. The minimum atomic E-state index is -0.883. The van der Waals surface area contributed by atoms with Crippen molar-refractivity contribution in [3.05, 3.63) is 65.2 Å². The van der Waals surface area contributed by atoms with Gasteiger partial charge in [-0.3, -0.25) is 14.4 Å². The molecule has 0 bridgehead atoms. The van der Waals surface area contributed by atoms with Gasteiger partial charge in [0.25, 0.3) is 11.8 Å². The zero-order valence-corrected chi connectivity index (χ0v) is 25.1. The minimum Gasteiger partial charge on any atom is -0.466 e. The minimum absolute atomic E-state index is 0.0216. The number of anilines is 1. The van der Waals surface area contributed by atoms with Gasteiger partial charge in [0, 0.05) is 19.6 Å². The Labute approximate surface area is 243 Å². The Kier molecular flexibility index (Phi) is 10.9. The van der Waals surface area contributed by atoms with Crippen LogP contribution in [0.3, 0.4) is 0 Å². The fraction of sp³-hybridized carbons (Fsp3) is 0.500. The highest BCUT2D eigenvalue weighted by Crippen LogP contribution is 2.36. The molecule has 41 heavy (non-hydrogen) atoms. The van der Waals surface area contributed by atoms with E-state index in [-0.39, 0.29) is 24.8 Å². The Morgan fingerprint density at radius 3 is 2.39 bits per heavy atom. The van der Waals surface area contributed by atoms with Gasteiger partial charge in [-0.1, -0.05) is 42.8 Å². The number of ether oxygens (including phenoxy) is 2. The Bertz CT molecular complexity index is 1220. The van der Waals surface area contributed by atoms with E-state index in [0.29, 0.717) is 23.4 Å². The van der Waals surface area contributed by atoms with E-state index >= 15 is 0 Å². The first kappa shape index (κ1) is 31.6. The number of unbranched alkanes of at least 4 members (excludes halogenated alkanes) is 2. The number of carbonyl (C=O) groups excluding carboxylic acids is 4. The summed E-state index contributed by atoms with van der Waals surface area (Å²) in [6.07, 6.45) is 2.86. The molecule has 2 atom stereocenters. The van der Waals surface area contributed by atoms with Gasteiger partial charge in [0.05, 0.1) is 24.3 Å². The highest BCUT2D eigenvalue weighted by Gasteiger charge is 2.42. The van der Waals surface area contributed by atoms with E-state index in [9.17, 15) is 19.2 Å². The van der Waals surface area contributed by atoms with Crippen LogP contribution in [0.2, 0.25) is 0 Å². The Balaban J connectivity index is 1.78. The van der Waals surface area contributed by atoms with Crippen LogP contribution in [-0.2, 0) is 25.5 Å². The number of esters is 1. The van der Waals surface area contributed by atoms with E-state index in [0.717, 1.165) is 31.2 Å². The van der Waals surface area contributed by atoms with Crippen LogP contribution < -0.4 is 10.2 Å². The lowest BCUT2D eigenvalue weighted by molar-refractivity contribution is -0.144. The first-order valence-electron chi connectivity index (χ1n) is 14.3. The third-order valence-corrected chi connectivity index (χ3v) is 6.90. The molecule has 222 valence electrons. The molecular weight excluding hydrogens is 522 g/mol. The lowest BCUT2D eigenvalue weighted by Gasteiger charge is -2.34. The van der Waals surface area contributed by atoms with Crippen LogP contribution in [0.5, 0.6) is 0 Å². The molecular formula is C32H43N3O6. The molecule has 0 fully saturated rings. The van der Waals surface area contributed by atoms with Gasteiger partial charge >= 0.3 is 12.1 Å². The number of hydrogen-bond donors (Lipinski definition) is 1. The molecule has 2 aromatic carbocycles. The molecule has 1 aliphatic heterocycles. The van der Waals surface area contributed by atoms with Crippen LogP contribution in [-0.4, -0.2) is 60.6 Å². The van der Waals surface area contributed by atoms with E-state index < -0.39 is 29.7 Å². The molecule has 1 aliphatic rings. The fourth-order valence-corrected chi connectivity index (χ4v) is 4.97. The number of carbonyl (C=O) groups is 4. The Hall–Kier alpha value is -3.88. The lowest BCUT2D eigenvalue weighted by Crippen LogP contribution is -2.46. The van der Waals surface area contributed by atoms with Gasteiger partial charge in [0.2, 0.25) is 0 Å². The quantitative estimate of drug-likeness (QED) is 0.288. The van der Waals surface area contributed by atoms with Crippen molar-refractivity contribution in [1.82, 2.24) is 10.2 Å². The molecule has 3 amide bonds. The summed E-state index contributed by atoms with van der Waals surface area (Å²) in [7, 11) is 1.68. The predicted octanol–water partition coefficient (Wildman–Crippen LogP) is 5.43. The van der Waals surface area contributed by atoms with Crippen molar-refractivity contribution in [3.63, 3.8) is 0 Å². The number of likely N-dealkylation sites (N-methyl/N-ethyl adjacent to an activating group) is 1. The number of amides is 3. The summed E-state index contributed by atoms with van der Waals surface area (Å²) < 4.78 is 10.4. The predicted molar refractivity (Wildman–Crippen MR) is 158 cm³/mol. The van der Waals surface area contributed by atoms with Gasteiger partial charge in [-0.25, -0.2) is 4.79 Å². The molecule has 1 heterocycles. The monoisotopic (exact) mass is 565 g/mol. The highest BCUT2D eigenvalue weighted by atomic mass is 16.6. The number of aryl methyl sites for hydroxylation is 1. The summed E-state index contributed by atoms with van der Waals surface area (Å²) in [5.41, 5.74) is 2.10. The van der Waals surface area contributed by atoms with Gasteiger partial charge < -0.3 is 24.6 Å². The number of rotatable bonds is 11. The average molecular weight is 566 g/mol. The SMILES string of the molecule is CCOC(=O)CC(C)N1C(=O)c2cc(CCCCCNC(=O)OC(C)(C)C)ccc2N(C)C(=O)C1c1ccccc1. The summed E-state index contributed by atoms with van der Waals surface area (Å²) in [6.45, 7) is 9.76. The van der Waals surface area contributed by atoms with Crippen LogP contribution in [0.15, 0.2) is 48.5 Å². The molecule has 0 spiro atoms. The number of nitrogens with one attached hydrogen (secondary N) is 1. The van der Waals surface area contributed by atoms with Crippen molar-refractivity contribution in [2.75, 3.05) is 25.1 Å². The van der Waals surface area contributed by atoms with Crippen LogP contribution in [0.4, 0.5) is 10.5 Å². The fourth-order valence-electron chi connectivity index (χ4n) is 4.97. The summed E-state index contributed by atoms with van der Waals surface area (Å²) in [5, 5.41) is 2.77. The zero-order valence-electron chi connectivity index (χ0n) is 25.1. The average Bonchev–Trinajstić information content (AvgIpc) is 2.99. The molecule has 1 N–H and O–H groups in total. The first-order chi connectivity index (χ1) is 19.4. The Morgan fingerprint density at radius 2 is 1.73 bits per heavy atom. The van der Waals surface area contributed by atoms with Gasteiger partial charge in [0.1, 0.15) is 11.6 Å². The molecule has 9 heteroatoms. The summed E-state index contributed by atoms with van der Waals surface area (Å²) in [4.78, 5) is 55.3. The van der Waals surface area contributed by atoms with Crippen molar-refractivity contribution in [3.8, 4) is 0 Å². The van der Waals surface area contributed by atoms with Crippen molar-refractivity contribution in [2.24, 2.45) is 0 Å². The molecule has 2 aromatic rings. The standard InChI is InChI=1S/C32H43N3O6/c1-7-40-27(36)20-22(2)35-28(24-15-11-8-12-16-24)30(38)34(6)26-18-17-23(21-25(26)29(35)37)14-10-9-13-19-33-31(39)41-32(3,4)5/h8,11-12,15-18,21-22,28H,7,9-10,13-14,19-20H2,1-6H3,(H,33,39). The maximum Gasteiger partial charge on any atom is 0.407 e. The Morgan fingerprint density at radius 1 is 1.02 bits per heavy atom. The normalized spacial score (nSPS) is 16.1. The number of alkyl carbamates (subject to hydrolysis) is 1. The van der Waals surface area contributed by atoms with E-state index in [2.05, 4.69) is 5.32 Å². The second-order valence-electron chi connectivity index (χ2n) is 11.4. The van der Waals surface area contributed by atoms with E-state index in [1.165, 1.54) is 9.80 Å². The molecule has 3 rings (SSSR count). The lowest BCUT2D eigenvalue weighted by atomic mass is 10.00. The van der Waals surface area contributed by atoms with Crippen molar-refractivity contribution in [2.45, 2.75) is 84.4 Å². The highest BCUT2D eigenvalue weighted by molar-refractivity contribution is 6.11. The van der Waals surface area contributed by atoms with Crippen LogP contribution in [0.1, 0.15) is 87.8 Å². The largest absolute Gasteiger partial charge is 0.466 e. The third-order valence-electron chi connectivity index (χ3n) is 6.90. The summed E-state index contributed by atoms with van der Waals surface area (Å²) >= 11 is 0. The smallest absolute Gasteiger partial charge is 0.407 e. The first-order valence-corrected chi connectivity index (χ1v) is 14.3. The summed E-state index contributed by atoms with van der Waals surface area (Å²) in [6, 6.07) is 13.4. The number of nitrogens with zero attached hydrogens (tertiary/aromatic N) is 2. The maximum atomic E-state index is 14.2. The second-order valence-corrected chi connectivity index (χ2v) is 11.4. The van der Waals surface area contributed by atoms with E-state index in [1.54, 1.807) is 20.9 Å². The molecule has 2 unspecified atom stereocenters. The molecule has 9 nitrogen and oxygen atoms in total. The molecule has 0 aromatic heterocycles. The van der Waals surface area contributed by atoms with Crippen LogP contribution in [0, 0.1) is 0 Å². The van der Waals surface area contributed by atoms with Crippen molar-refractivity contribution >= 4 is 29.6 Å². The zero-order chi connectivity index (χ0) is 30.2. The second kappa shape index (κ2) is 14.1. The number of benzene rings is 2. The maximum absolute atomic E-state index is 14.2.